The summed E-state index contributed by atoms with van der Waals surface area (Å²) in [6, 6.07) is 11.8. The van der Waals surface area contributed by atoms with Crippen molar-refractivity contribution in [3.05, 3.63) is 69.7 Å². The molecule has 0 spiro atoms. The third kappa shape index (κ3) is 6.08. The zero-order chi connectivity index (χ0) is 29.9. The van der Waals surface area contributed by atoms with Crippen LogP contribution in [0.3, 0.4) is 0 Å². The van der Waals surface area contributed by atoms with E-state index in [9.17, 15) is 24.3 Å². The molecule has 2 aromatic carbocycles. The average molecular weight is 605 g/mol. The van der Waals surface area contributed by atoms with E-state index in [1.54, 1.807) is 54.3 Å². The second kappa shape index (κ2) is 12.4. The van der Waals surface area contributed by atoms with Crippen LogP contribution in [0.1, 0.15) is 43.1 Å². The van der Waals surface area contributed by atoms with Gasteiger partial charge in [0.2, 0.25) is 11.8 Å². The largest absolute Gasteiger partial charge is 0.480 e. The van der Waals surface area contributed by atoms with E-state index in [2.05, 4.69) is 10.6 Å². The molecule has 1 aliphatic heterocycles. The first-order valence-corrected chi connectivity index (χ1v) is 14.3. The van der Waals surface area contributed by atoms with Gasteiger partial charge in [0.05, 0.1) is 34.2 Å². The fourth-order valence-electron chi connectivity index (χ4n) is 6.00. The summed E-state index contributed by atoms with van der Waals surface area (Å²) in [4.78, 5) is 55.3. The Morgan fingerprint density at radius 2 is 1.61 bits per heavy atom. The summed E-state index contributed by atoms with van der Waals surface area (Å²) in [6.45, 7) is 6.94. The van der Waals surface area contributed by atoms with Crippen molar-refractivity contribution in [3.8, 4) is 0 Å². The van der Waals surface area contributed by atoms with Crippen LogP contribution in [0, 0.1) is 16.7 Å². The molecule has 1 heterocycles. The van der Waals surface area contributed by atoms with Crippen LogP contribution >= 0.6 is 23.2 Å². The standard InChI is InChI=1S/C30H35Cl2N3O6/c1-29(2)19(25(36)33-22(27(38)39)16-18-8-5-4-6-9-18)17-23(30(29,3)28(40)35-12-14-41-15-13-35)34-26(37)24-20(31)10-7-11-21(24)32/h4-11,19,22-23H,12-17H2,1-3H3,(H,33,36)(H,34,37)(H,38,39)/t19-,22?,23-,30+/m1/s1. The molecule has 9 nitrogen and oxygen atoms in total. The molecule has 2 aromatic rings. The predicted octanol–water partition coefficient (Wildman–Crippen LogP) is 3.82. The predicted molar refractivity (Wildman–Crippen MR) is 155 cm³/mol. The van der Waals surface area contributed by atoms with Crippen LogP contribution in [0.15, 0.2) is 48.5 Å². The number of carboxylic acid groups (broad SMARTS) is 1. The molecule has 4 rings (SSSR count). The number of carboxylic acids is 1. The highest BCUT2D eigenvalue weighted by Gasteiger charge is 2.64. The Hall–Kier alpha value is -3.14. The molecule has 1 unspecified atom stereocenters. The maximum Gasteiger partial charge on any atom is 0.326 e. The normalized spacial score (nSPS) is 24.4. The van der Waals surface area contributed by atoms with Crippen LogP contribution in [0.5, 0.6) is 0 Å². The lowest BCUT2D eigenvalue weighted by Gasteiger charge is -2.46. The van der Waals surface area contributed by atoms with Crippen LogP contribution in [-0.4, -0.2) is 72.1 Å². The van der Waals surface area contributed by atoms with Gasteiger partial charge in [0.25, 0.3) is 5.91 Å². The lowest BCUT2D eigenvalue weighted by Crippen LogP contribution is -2.59. The highest BCUT2D eigenvalue weighted by atomic mass is 35.5. The third-order valence-electron chi connectivity index (χ3n) is 8.83. The smallest absolute Gasteiger partial charge is 0.326 e. The Morgan fingerprint density at radius 3 is 2.20 bits per heavy atom. The first kappa shape index (κ1) is 30.8. The SMILES string of the molecule is CC1(C)[C@@H](C(=O)NC(Cc2ccccc2)C(=O)O)C[C@@H](NC(=O)c2c(Cl)cccc2Cl)[C@@]1(C)C(=O)N1CCOCC1. The second-order valence-electron chi connectivity index (χ2n) is 11.3. The van der Waals surface area contributed by atoms with Gasteiger partial charge in [-0.1, -0.05) is 73.4 Å². The van der Waals surface area contributed by atoms with Crippen molar-refractivity contribution in [2.75, 3.05) is 26.3 Å². The maximum absolute atomic E-state index is 14.2. The van der Waals surface area contributed by atoms with Crippen molar-refractivity contribution in [1.82, 2.24) is 15.5 Å². The van der Waals surface area contributed by atoms with Crippen molar-refractivity contribution in [2.24, 2.45) is 16.7 Å². The number of nitrogens with one attached hydrogen (secondary N) is 2. The third-order valence-corrected chi connectivity index (χ3v) is 9.46. The van der Waals surface area contributed by atoms with Gasteiger partial charge in [-0.3, -0.25) is 14.4 Å². The molecule has 1 saturated carbocycles. The van der Waals surface area contributed by atoms with Gasteiger partial charge in [-0.2, -0.15) is 0 Å². The minimum atomic E-state index is -1.23. The number of benzene rings is 2. The Bertz CT molecular complexity index is 1290. The zero-order valence-corrected chi connectivity index (χ0v) is 24.8. The highest BCUT2D eigenvalue weighted by Crippen LogP contribution is 2.57. The number of amides is 3. The first-order valence-electron chi connectivity index (χ1n) is 13.6. The van der Waals surface area contributed by atoms with Crippen molar-refractivity contribution in [1.29, 1.82) is 0 Å². The van der Waals surface area contributed by atoms with E-state index >= 15 is 0 Å². The molecule has 0 radical (unpaired) electrons. The van der Waals surface area contributed by atoms with E-state index in [-0.39, 0.29) is 34.4 Å². The molecule has 2 fully saturated rings. The fourth-order valence-corrected chi connectivity index (χ4v) is 6.57. The second-order valence-corrected chi connectivity index (χ2v) is 12.1. The van der Waals surface area contributed by atoms with Gasteiger partial charge >= 0.3 is 5.97 Å². The lowest BCUT2D eigenvalue weighted by atomic mass is 9.63. The minimum Gasteiger partial charge on any atom is -0.480 e. The fraction of sp³-hybridized carbons (Fsp3) is 0.467. The van der Waals surface area contributed by atoms with Crippen molar-refractivity contribution >= 4 is 46.9 Å². The number of carbonyl (C=O) groups is 4. The van der Waals surface area contributed by atoms with Gasteiger partial charge in [0.15, 0.2) is 0 Å². The van der Waals surface area contributed by atoms with Crippen LogP contribution in [-0.2, 0) is 25.5 Å². The monoisotopic (exact) mass is 603 g/mol. The van der Waals surface area contributed by atoms with Gasteiger partial charge in [0, 0.05) is 31.5 Å². The van der Waals surface area contributed by atoms with Crippen LogP contribution in [0.25, 0.3) is 0 Å². The number of rotatable bonds is 8. The van der Waals surface area contributed by atoms with Gasteiger partial charge in [-0.25, -0.2) is 4.79 Å². The molecule has 1 aliphatic carbocycles. The van der Waals surface area contributed by atoms with E-state index in [1.165, 1.54) is 0 Å². The number of nitrogens with zero attached hydrogens (tertiary/aromatic N) is 1. The number of carbonyl (C=O) groups excluding carboxylic acids is 3. The summed E-state index contributed by atoms with van der Waals surface area (Å²) in [5, 5.41) is 15.9. The number of halogens is 2. The molecular formula is C30H35Cl2N3O6. The summed E-state index contributed by atoms with van der Waals surface area (Å²) in [7, 11) is 0. The van der Waals surface area contributed by atoms with Gasteiger partial charge in [-0.15, -0.1) is 0 Å². The lowest BCUT2D eigenvalue weighted by molar-refractivity contribution is -0.154. The Kier molecular flexibility index (Phi) is 9.31. The maximum atomic E-state index is 14.2. The van der Waals surface area contributed by atoms with Crippen molar-refractivity contribution in [2.45, 2.75) is 45.7 Å². The van der Waals surface area contributed by atoms with Gasteiger partial charge in [-0.05, 0) is 36.5 Å². The molecule has 0 aromatic heterocycles. The Balaban J connectivity index is 1.66. The molecule has 4 atom stereocenters. The molecule has 1 saturated heterocycles. The molecule has 2 aliphatic rings. The highest BCUT2D eigenvalue weighted by molar-refractivity contribution is 6.39. The Morgan fingerprint density at radius 1 is 1.00 bits per heavy atom. The molecule has 3 N–H and O–H groups in total. The van der Waals surface area contributed by atoms with E-state index in [0.717, 1.165) is 5.56 Å². The van der Waals surface area contributed by atoms with Crippen LogP contribution in [0.2, 0.25) is 10.0 Å². The van der Waals surface area contributed by atoms with Crippen LogP contribution < -0.4 is 10.6 Å². The number of ether oxygens (including phenoxy) is 1. The molecule has 11 heteroatoms. The number of hydrogen-bond donors (Lipinski definition) is 3. The molecule has 0 bridgehead atoms. The summed E-state index contributed by atoms with van der Waals surface area (Å²) in [6.07, 6.45) is 0.209. The summed E-state index contributed by atoms with van der Waals surface area (Å²) < 4.78 is 5.43. The van der Waals surface area contributed by atoms with Crippen LogP contribution in [0.4, 0.5) is 0 Å². The molecule has 220 valence electrons. The van der Waals surface area contributed by atoms with Gasteiger partial charge in [0.1, 0.15) is 6.04 Å². The quantitative estimate of drug-likeness (QED) is 0.421. The number of morpholine rings is 1. The zero-order valence-electron chi connectivity index (χ0n) is 23.3. The summed E-state index contributed by atoms with van der Waals surface area (Å²) in [5.41, 5.74) is -1.37. The minimum absolute atomic E-state index is 0.0801. The number of aliphatic carboxylic acids is 1. The van der Waals surface area contributed by atoms with Crippen molar-refractivity contribution in [3.63, 3.8) is 0 Å². The van der Waals surface area contributed by atoms with E-state index < -0.39 is 46.6 Å². The topological polar surface area (TPSA) is 125 Å². The average Bonchev–Trinajstić information content (AvgIpc) is 3.14. The Labute approximate surface area is 249 Å². The van der Waals surface area contributed by atoms with Gasteiger partial charge < -0.3 is 25.4 Å². The van der Waals surface area contributed by atoms with Crippen molar-refractivity contribution < 1.29 is 29.0 Å². The summed E-state index contributed by atoms with van der Waals surface area (Å²) in [5.74, 6) is -3.22. The number of hydrogen-bond acceptors (Lipinski definition) is 5. The molecule has 3 amide bonds. The van der Waals surface area contributed by atoms with E-state index in [1.807, 2.05) is 19.9 Å². The molecule has 41 heavy (non-hydrogen) atoms. The summed E-state index contributed by atoms with van der Waals surface area (Å²) >= 11 is 12.6. The first-order chi connectivity index (χ1) is 19.4. The van der Waals surface area contributed by atoms with E-state index in [4.69, 9.17) is 27.9 Å². The molecular weight excluding hydrogens is 569 g/mol. The van der Waals surface area contributed by atoms with E-state index in [0.29, 0.717) is 26.3 Å².